The Balaban J connectivity index is 1.55. The molecule has 110 valence electrons. The van der Waals surface area contributed by atoms with Crippen molar-refractivity contribution in [3.63, 3.8) is 0 Å². The Hall–Kier alpha value is -2.15. The highest BCUT2D eigenvalue weighted by molar-refractivity contribution is 6.30. The van der Waals surface area contributed by atoms with Gasteiger partial charge in [0.1, 0.15) is 18.7 Å². The number of halogens is 2. The second-order valence-electron chi connectivity index (χ2n) is 4.99. The van der Waals surface area contributed by atoms with Crippen LogP contribution in [0.25, 0.3) is 0 Å². The van der Waals surface area contributed by atoms with Crippen molar-refractivity contribution in [2.75, 3.05) is 5.73 Å². The van der Waals surface area contributed by atoms with E-state index in [2.05, 4.69) is 15.4 Å². The zero-order valence-corrected chi connectivity index (χ0v) is 11.7. The number of nitrogens with one attached hydrogen (secondary N) is 1. The van der Waals surface area contributed by atoms with Gasteiger partial charge in [-0.15, -0.1) is 5.10 Å². The minimum atomic E-state index is -0.441. The fourth-order valence-electron chi connectivity index (χ4n) is 2.25. The summed E-state index contributed by atoms with van der Waals surface area (Å²) in [4.78, 5) is 15.6. The topological polar surface area (TPSA) is 85.8 Å². The van der Waals surface area contributed by atoms with Crippen LogP contribution in [0, 0.1) is 5.82 Å². The molecule has 1 amide bonds. The maximum Gasteiger partial charge on any atom is 0.242 e. The van der Waals surface area contributed by atoms with Crippen LogP contribution in [0.15, 0.2) is 24.5 Å². The first-order valence-electron chi connectivity index (χ1n) is 6.42. The Morgan fingerprint density at radius 1 is 1.57 bits per heavy atom. The molecule has 2 atom stereocenters. The van der Waals surface area contributed by atoms with E-state index in [-0.39, 0.29) is 35.4 Å². The number of benzene rings is 1. The van der Waals surface area contributed by atoms with E-state index < -0.39 is 5.82 Å². The molecule has 1 aromatic heterocycles. The second-order valence-corrected chi connectivity index (χ2v) is 5.40. The Morgan fingerprint density at radius 3 is 3.05 bits per heavy atom. The highest BCUT2D eigenvalue weighted by Gasteiger charge is 2.39. The van der Waals surface area contributed by atoms with Crippen molar-refractivity contribution in [3.8, 4) is 0 Å². The minimum absolute atomic E-state index is 0.0129. The molecule has 1 heterocycles. The Kier molecular flexibility index (Phi) is 3.50. The summed E-state index contributed by atoms with van der Waals surface area (Å²) in [5.41, 5.74) is 6.21. The van der Waals surface area contributed by atoms with E-state index in [1.807, 2.05) is 0 Å². The van der Waals surface area contributed by atoms with Crippen molar-refractivity contribution in [3.05, 3.63) is 40.9 Å². The van der Waals surface area contributed by atoms with Crippen molar-refractivity contribution in [2.45, 2.75) is 24.9 Å². The SMILES string of the molecule is Nc1ncn(CC(=O)N[C@@H]2C[C@H]2c2ccc(Cl)c(F)c2)n1. The summed E-state index contributed by atoms with van der Waals surface area (Å²) in [6.07, 6.45) is 2.18. The first-order chi connectivity index (χ1) is 10.0. The molecule has 8 heteroatoms. The summed E-state index contributed by atoms with van der Waals surface area (Å²) < 4.78 is 14.8. The van der Waals surface area contributed by atoms with Crippen molar-refractivity contribution < 1.29 is 9.18 Å². The predicted octanol–water partition coefficient (Wildman–Crippen LogP) is 1.33. The van der Waals surface area contributed by atoms with Gasteiger partial charge in [0.15, 0.2) is 0 Å². The number of hydrogen-bond donors (Lipinski definition) is 2. The maximum atomic E-state index is 13.4. The number of carbonyl (C=O) groups is 1. The van der Waals surface area contributed by atoms with Gasteiger partial charge in [-0.25, -0.2) is 14.1 Å². The minimum Gasteiger partial charge on any atom is -0.367 e. The summed E-state index contributed by atoms with van der Waals surface area (Å²) in [5, 5.41) is 6.81. The Labute approximate surface area is 125 Å². The van der Waals surface area contributed by atoms with E-state index in [0.717, 1.165) is 12.0 Å². The van der Waals surface area contributed by atoms with Crippen LogP contribution in [-0.2, 0) is 11.3 Å². The van der Waals surface area contributed by atoms with Crippen LogP contribution >= 0.6 is 11.6 Å². The lowest BCUT2D eigenvalue weighted by atomic mass is 10.1. The lowest BCUT2D eigenvalue weighted by molar-refractivity contribution is -0.122. The number of anilines is 1. The van der Waals surface area contributed by atoms with Gasteiger partial charge in [-0.05, 0) is 24.1 Å². The lowest BCUT2D eigenvalue weighted by Gasteiger charge is -2.05. The molecular formula is C13H13ClFN5O. The Bertz CT molecular complexity index is 689. The molecule has 1 aromatic carbocycles. The van der Waals surface area contributed by atoms with Crippen LogP contribution in [0.2, 0.25) is 5.02 Å². The zero-order chi connectivity index (χ0) is 15.0. The van der Waals surface area contributed by atoms with Crippen LogP contribution < -0.4 is 11.1 Å². The molecule has 21 heavy (non-hydrogen) atoms. The number of amides is 1. The van der Waals surface area contributed by atoms with Crippen LogP contribution in [-0.4, -0.2) is 26.7 Å². The van der Waals surface area contributed by atoms with Crippen LogP contribution in [0.1, 0.15) is 17.9 Å². The molecule has 0 saturated heterocycles. The summed E-state index contributed by atoms with van der Waals surface area (Å²) in [7, 11) is 0. The number of rotatable bonds is 4. The van der Waals surface area contributed by atoms with Gasteiger partial charge in [0.2, 0.25) is 11.9 Å². The van der Waals surface area contributed by atoms with Crippen molar-refractivity contribution in [1.29, 1.82) is 0 Å². The third-order valence-electron chi connectivity index (χ3n) is 3.37. The summed E-state index contributed by atoms with van der Waals surface area (Å²) >= 11 is 5.65. The number of carbonyl (C=O) groups excluding carboxylic acids is 1. The molecule has 0 bridgehead atoms. The molecule has 1 aliphatic carbocycles. The predicted molar refractivity (Wildman–Crippen MR) is 75.1 cm³/mol. The fourth-order valence-corrected chi connectivity index (χ4v) is 2.37. The normalized spacial score (nSPS) is 20.3. The molecular weight excluding hydrogens is 297 g/mol. The third kappa shape index (κ3) is 3.13. The molecule has 3 N–H and O–H groups in total. The van der Waals surface area contributed by atoms with Crippen molar-refractivity contribution in [1.82, 2.24) is 20.1 Å². The quantitative estimate of drug-likeness (QED) is 0.892. The van der Waals surface area contributed by atoms with Gasteiger partial charge >= 0.3 is 0 Å². The molecule has 0 unspecified atom stereocenters. The van der Waals surface area contributed by atoms with E-state index in [1.165, 1.54) is 23.1 Å². The Morgan fingerprint density at radius 2 is 2.38 bits per heavy atom. The van der Waals surface area contributed by atoms with Gasteiger partial charge < -0.3 is 11.1 Å². The zero-order valence-electron chi connectivity index (χ0n) is 11.0. The van der Waals surface area contributed by atoms with Gasteiger partial charge in [0, 0.05) is 12.0 Å². The number of nitrogen functional groups attached to an aromatic ring is 1. The average molecular weight is 310 g/mol. The molecule has 0 aliphatic heterocycles. The molecule has 2 aromatic rings. The van der Waals surface area contributed by atoms with Crippen LogP contribution in [0.5, 0.6) is 0 Å². The third-order valence-corrected chi connectivity index (χ3v) is 3.67. The fraction of sp³-hybridized carbons (Fsp3) is 0.308. The van der Waals surface area contributed by atoms with Gasteiger partial charge in [-0.1, -0.05) is 17.7 Å². The number of aromatic nitrogens is 3. The maximum absolute atomic E-state index is 13.4. The number of nitrogens with two attached hydrogens (primary N) is 1. The monoisotopic (exact) mass is 309 g/mol. The first-order valence-corrected chi connectivity index (χ1v) is 6.80. The summed E-state index contributed by atoms with van der Waals surface area (Å²) in [6.45, 7) is 0.0579. The lowest BCUT2D eigenvalue weighted by Crippen LogP contribution is -2.30. The van der Waals surface area contributed by atoms with Crippen molar-refractivity contribution in [2.24, 2.45) is 0 Å². The second kappa shape index (κ2) is 5.33. The molecule has 6 nitrogen and oxygen atoms in total. The molecule has 1 fully saturated rings. The molecule has 0 spiro atoms. The average Bonchev–Trinajstić information content (AvgIpc) is 3.06. The largest absolute Gasteiger partial charge is 0.367 e. The number of hydrogen-bond acceptors (Lipinski definition) is 4. The van der Waals surface area contributed by atoms with Gasteiger partial charge in [-0.3, -0.25) is 4.79 Å². The van der Waals surface area contributed by atoms with Crippen LogP contribution in [0.4, 0.5) is 10.3 Å². The van der Waals surface area contributed by atoms with E-state index in [0.29, 0.717) is 0 Å². The van der Waals surface area contributed by atoms with Crippen LogP contribution in [0.3, 0.4) is 0 Å². The van der Waals surface area contributed by atoms with E-state index in [4.69, 9.17) is 17.3 Å². The van der Waals surface area contributed by atoms with E-state index >= 15 is 0 Å². The first kappa shape index (κ1) is 13.8. The summed E-state index contributed by atoms with van der Waals surface area (Å²) in [6, 6.07) is 4.73. The van der Waals surface area contributed by atoms with Crippen molar-refractivity contribution >= 4 is 23.5 Å². The highest BCUT2D eigenvalue weighted by atomic mass is 35.5. The molecule has 1 aliphatic rings. The smallest absolute Gasteiger partial charge is 0.242 e. The highest BCUT2D eigenvalue weighted by Crippen LogP contribution is 2.41. The van der Waals surface area contributed by atoms with E-state index in [9.17, 15) is 9.18 Å². The molecule has 3 rings (SSSR count). The summed E-state index contributed by atoms with van der Waals surface area (Å²) in [5.74, 6) is -0.365. The molecule has 1 saturated carbocycles. The number of nitrogens with zero attached hydrogens (tertiary/aromatic N) is 3. The van der Waals surface area contributed by atoms with Gasteiger partial charge in [0.05, 0.1) is 5.02 Å². The van der Waals surface area contributed by atoms with E-state index in [1.54, 1.807) is 6.07 Å². The van der Waals surface area contributed by atoms with Gasteiger partial charge in [-0.2, -0.15) is 0 Å². The standard InChI is InChI=1S/C13H13ClFN5O/c14-9-2-1-7(3-10(9)15)8-4-11(8)18-12(21)5-20-6-17-13(16)19-20/h1-3,6,8,11H,4-5H2,(H2,16,19)(H,18,21)/t8-,11+/m0/s1. The molecule has 0 radical (unpaired) electrons. The van der Waals surface area contributed by atoms with Gasteiger partial charge in [0.25, 0.3) is 0 Å².